The lowest BCUT2D eigenvalue weighted by atomic mass is 9.96. The van der Waals surface area contributed by atoms with E-state index in [-0.39, 0.29) is 18.1 Å². The Kier molecular flexibility index (Phi) is 9.08. The van der Waals surface area contributed by atoms with Crippen LogP contribution in [0.4, 0.5) is 4.79 Å². The standard InChI is InChI=1S/C23H34N2O4/c1-15(2)13-18(20(26)16(3)4)24-21(27)19(14-17-11-9-8-10-12-17)25-22(28)29-23(5,6)7/h8-12,15,18-19H,3,13-14H2,1-2,4-7H3,(H,24,27)(H,25,28)/t18-,19+/m0/s1. The average Bonchev–Trinajstić information content (AvgIpc) is 2.58. The number of amides is 2. The summed E-state index contributed by atoms with van der Waals surface area (Å²) in [6.07, 6.45) is 0.0870. The summed E-state index contributed by atoms with van der Waals surface area (Å²) in [6.45, 7) is 14.5. The highest BCUT2D eigenvalue weighted by atomic mass is 16.6. The number of ketones is 1. The van der Waals surface area contributed by atoms with Crippen LogP contribution in [0.3, 0.4) is 0 Å². The second-order valence-electron chi connectivity index (χ2n) is 8.72. The second kappa shape index (κ2) is 10.8. The normalized spacial score (nSPS) is 13.3. The first kappa shape index (κ1) is 24.4. The average molecular weight is 403 g/mol. The number of nitrogens with one attached hydrogen (secondary N) is 2. The fraction of sp³-hybridized carbons (Fsp3) is 0.522. The molecular weight excluding hydrogens is 368 g/mol. The molecule has 6 heteroatoms. The van der Waals surface area contributed by atoms with Gasteiger partial charge >= 0.3 is 6.09 Å². The van der Waals surface area contributed by atoms with Crippen LogP contribution in [-0.4, -0.2) is 35.5 Å². The molecule has 160 valence electrons. The van der Waals surface area contributed by atoms with Gasteiger partial charge in [-0.25, -0.2) is 4.79 Å². The van der Waals surface area contributed by atoms with E-state index in [0.717, 1.165) is 5.56 Å². The number of alkyl carbamates (subject to hydrolysis) is 1. The van der Waals surface area contributed by atoms with Crippen LogP contribution in [0.25, 0.3) is 0 Å². The Morgan fingerprint density at radius 3 is 2.10 bits per heavy atom. The molecule has 0 saturated carbocycles. The highest BCUT2D eigenvalue weighted by Gasteiger charge is 2.29. The molecular formula is C23H34N2O4. The van der Waals surface area contributed by atoms with Gasteiger partial charge < -0.3 is 15.4 Å². The second-order valence-corrected chi connectivity index (χ2v) is 8.72. The van der Waals surface area contributed by atoms with Gasteiger partial charge in [0.25, 0.3) is 0 Å². The summed E-state index contributed by atoms with van der Waals surface area (Å²) in [7, 11) is 0. The zero-order valence-corrected chi connectivity index (χ0v) is 18.4. The van der Waals surface area contributed by atoms with E-state index in [9.17, 15) is 14.4 Å². The molecule has 0 aliphatic heterocycles. The number of Topliss-reactive ketones (excluding diaryl/α,β-unsaturated/α-hetero) is 1. The number of ether oxygens (including phenoxy) is 1. The van der Waals surface area contributed by atoms with E-state index >= 15 is 0 Å². The number of hydrogen-bond donors (Lipinski definition) is 2. The van der Waals surface area contributed by atoms with E-state index in [2.05, 4.69) is 17.2 Å². The van der Waals surface area contributed by atoms with Crippen molar-refractivity contribution in [3.63, 3.8) is 0 Å². The number of carbonyl (C=O) groups is 3. The molecule has 0 aliphatic carbocycles. The van der Waals surface area contributed by atoms with Gasteiger partial charge in [-0.1, -0.05) is 50.8 Å². The minimum absolute atomic E-state index is 0.204. The lowest BCUT2D eigenvalue weighted by Gasteiger charge is -2.26. The molecule has 0 radical (unpaired) electrons. The quantitative estimate of drug-likeness (QED) is 0.615. The van der Waals surface area contributed by atoms with Crippen molar-refractivity contribution >= 4 is 17.8 Å². The van der Waals surface area contributed by atoms with Gasteiger partial charge in [0.15, 0.2) is 5.78 Å². The summed E-state index contributed by atoms with van der Waals surface area (Å²) in [5.74, 6) is -0.433. The minimum Gasteiger partial charge on any atom is -0.444 e. The molecule has 0 bridgehead atoms. The van der Waals surface area contributed by atoms with Crippen LogP contribution in [0.2, 0.25) is 0 Å². The Hall–Kier alpha value is -2.63. The molecule has 6 nitrogen and oxygen atoms in total. The van der Waals surface area contributed by atoms with Crippen LogP contribution in [0.15, 0.2) is 42.5 Å². The first-order valence-corrected chi connectivity index (χ1v) is 9.92. The Balaban J connectivity index is 3.01. The summed E-state index contributed by atoms with van der Waals surface area (Å²) in [4.78, 5) is 37.8. The molecule has 0 heterocycles. The van der Waals surface area contributed by atoms with Crippen molar-refractivity contribution in [2.75, 3.05) is 0 Å². The van der Waals surface area contributed by atoms with Crippen molar-refractivity contribution in [2.24, 2.45) is 5.92 Å². The highest BCUT2D eigenvalue weighted by Crippen LogP contribution is 2.12. The van der Waals surface area contributed by atoms with Gasteiger partial charge in [-0.2, -0.15) is 0 Å². The van der Waals surface area contributed by atoms with Crippen LogP contribution in [0.5, 0.6) is 0 Å². The third-order valence-electron chi connectivity index (χ3n) is 4.05. The zero-order valence-electron chi connectivity index (χ0n) is 18.4. The topological polar surface area (TPSA) is 84.5 Å². The van der Waals surface area contributed by atoms with E-state index in [0.29, 0.717) is 12.0 Å². The molecule has 1 rings (SSSR count). The van der Waals surface area contributed by atoms with Crippen molar-refractivity contribution in [1.29, 1.82) is 0 Å². The van der Waals surface area contributed by atoms with Gasteiger partial charge in [-0.15, -0.1) is 0 Å². The van der Waals surface area contributed by atoms with E-state index in [1.54, 1.807) is 27.7 Å². The summed E-state index contributed by atoms with van der Waals surface area (Å²) >= 11 is 0. The predicted molar refractivity (Wildman–Crippen MR) is 115 cm³/mol. The summed E-state index contributed by atoms with van der Waals surface area (Å²) in [5, 5.41) is 5.44. The van der Waals surface area contributed by atoms with E-state index < -0.39 is 29.7 Å². The monoisotopic (exact) mass is 402 g/mol. The van der Waals surface area contributed by atoms with Crippen LogP contribution < -0.4 is 10.6 Å². The number of carbonyl (C=O) groups excluding carboxylic acids is 3. The third-order valence-corrected chi connectivity index (χ3v) is 4.05. The SMILES string of the molecule is C=C(C)C(=O)[C@H](CC(C)C)NC(=O)[C@@H](Cc1ccccc1)NC(=O)OC(C)(C)C. The zero-order chi connectivity index (χ0) is 22.2. The molecule has 2 N–H and O–H groups in total. The molecule has 1 aromatic carbocycles. The van der Waals surface area contributed by atoms with E-state index in [1.807, 2.05) is 44.2 Å². The maximum absolute atomic E-state index is 13.0. The summed E-state index contributed by atoms with van der Waals surface area (Å²) in [5.41, 5.74) is 0.583. The first-order valence-electron chi connectivity index (χ1n) is 9.92. The summed E-state index contributed by atoms with van der Waals surface area (Å²) in [6, 6.07) is 7.81. The smallest absolute Gasteiger partial charge is 0.408 e. The fourth-order valence-corrected chi connectivity index (χ4v) is 2.78. The van der Waals surface area contributed by atoms with Gasteiger partial charge in [0.1, 0.15) is 11.6 Å². The van der Waals surface area contributed by atoms with E-state index in [1.165, 1.54) is 0 Å². The van der Waals surface area contributed by atoms with Crippen molar-refractivity contribution < 1.29 is 19.1 Å². The molecule has 29 heavy (non-hydrogen) atoms. The van der Waals surface area contributed by atoms with Gasteiger partial charge in [0.05, 0.1) is 6.04 Å². The Bertz CT molecular complexity index is 720. The Morgan fingerprint density at radius 1 is 1.03 bits per heavy atom. The molecule has 0 unspecified atom stereocenters. The molecule has 2 atom stereocenters. The molecule has 0 aromatic heterocycles. The fourth-order valence-electron chi connectivity index (χ4n) is 2.78. The maximum atomic E-state index is 13.0. The molecule has 1 aromatic rings. The number of benzene rings is 1. The molecule has 0 saturated heterocycles. The molecule has 0 aliphatic rings. The largest absolute Gasteiger partial charge is 0.444 e. The molecule has 2 amide bonds. The van der Waals surface area contributed by atoms with Gasteiger partial charge in [0.2, 0.25) is 5.91 Å². The number of hydrogen-bond acceptors (Lipinski definition) is 4. The minimum atomic E-state index is -0.875. The lowest BCUT2D eigenvalue weighted by Crippen LogP contribution is -2.53. The van der Waals surface area contributed by atoms with Crippen LogP contribution >= 0.6 is 0 Å². The Morgan fingerprint density at radius 2 is 1.62 bits per heavy atom. The first-order chi connectivity index (χ1) is 13.4. The van der Waals surface area contributed by atoms with Crippen LogP contribution in [0, 0.1) is 5.92 Å². The predicted octanol–water partition coefficient (Wildman–Crippen LogP) is 3.80. The van der Waals surface area contributed by atoms with Crippen molar-refractivity contribution in [3.8, 4) is 0 Å². The lowest BCUT2D eigenvalue weighted by molar-refractivity contribution is -0.127. The van der Waals surface area contributed by atoms with Crippen molar-refractivity contribution in [1.82, 2.24) is 10.6 Å². The molecule has 0 fully saturated rings. The highest BCUT2D eigenvalue weighted by molar-refractivity contribution is 6.01. The van der Waals surface area contributed by atoms with E-state index in [4.69, 9.17) is 4.74 Å². The number of rotatable bonds is 9. The van der Waals surface area contributed by atoms with Gasteiger partial charge in [0, 0.05) is 6.42 Å². The Labute approximate surface area is 174 Å². The summed E-state index contributed by atoms with van der Waals surface area (Å²) < 4.78 is 5.30. The van der Waals surface area contributed by atoms with Crippen molar-refractivity contribution in [2.45, 2.75) is 72.1 Å². The van der Waals surface area contributed by atoms with Crippen molar-refractivity contribution in [3.05, 3.63) is 48.0 Å². The maximum Gasteiger partial charge on any atom is 0.408 e. The molecule has 0 spiro atoms. The third kappa shape index (κ3) is 9.41. The van der Waals surface area contributed by atoms with Gasteiger partial charge in [-0.3, -0.25) is 9.59 Å². The van der Waals surface area contributed by atoms with Gasteiger partial charge in [-0.05, 0) is 51.2 Å². The van der Waals surface area contributed by atoms with Crippen LogP contribution in [-0.2, 0) is 20.7 Å². The van der Waals surface area contributed by atoms with Crippen LogP contribution in [0.1, 0.15) is 53.5 Å².